The van der Waals surface area contributed by atoms with E-state index in [0.717, 1.165) is 17.9 Å². The molecule has 5 nitrogen and oxygen atoms in total. The number of pyridine rings is 2. The summed E-state index contributed by atoms with van der Waals surface area (Å²) in [4.78, 5) is 20.5. The number of hydrogen-bond acceptors (Lipinski definition) is 4. The van der Waals surface area contributed by atoms with Crippen LogP contribution in [-0.2, 0) is 0 Å². The molecule has 1 amide bonds. The van der Waals surface area contributed by atoms with Crippen LogP contribution in [0.3, 0.4) is 0 Å². The summed E-state index contributed by atoms with van der Waals surface area (Å²) in [6, 6.07) is 9.04. The Morgan fingerprint density at radius 3 is 2.80 bits per heavy atom. The lowest BCUT2D eigenvalue weighted by Gasteiger charge is -2.13. The van der Waals surface area contributed by atoms with E-state index in [9.17, 15) is 4.79 Å². The van der Waals surface area contributed by atoms with Gasteiger partial charge in [-0.3, -0.25) is 14.8 Å². The van der Waals surface area contributed by atoms with Gasteiger partial charge in [0, 0.05) is 24.6 Å². The summed E-state index contributed by atoms with van der Waals surface area (Å²) in [5, 5.41) is 6.05. The van der Waals surface area contributed by atoms with E-state index < -0.39 is 0 Å². The van der Waals surface area contributed by atoms with Gasteiger partial charge in [-0.25, -0.2) is 0 Å². The summed E-state index contributed by atoms with van der Waals surface area (Å²) in [5.41, 5.74) is 2.10. The molecule has 2 aromatic rings. The van der Waals surface area contributed by atoms with E-state index in [4.69, 9.17) is 0 Å². The fourth-order valence-corrected chi connectivity index (χ4v) is 1.85. The highest BCUT2D eigenvalue weighted by Gasteiger charge is 2.13. The zero-order valence-electron chi connectivity index (χ0n) is 11.6. The first-order chi connectivity index (χ1) is 9.70. The quantitative estimate of drug-likeness (QED) is 0.875. The Morgan fingerprint density at radius 1 is 1.25 bits per heavy atom. The molecule has 0 bridgehead atoms. The van der Waals surface area contributed by atoms with E-state index in [1.807, 2.05) is 38.1 Å². The maximum absolute atomic E-state index is 12.2. The van der Waals surface area contributed by atoms with Crippen molar-refractivity contribution in [2.45, 2.75) is 19.9 Å². The molecule has 2 rings (SSSR count). The average Bonchev–Trinajstić information content (AvgIpc) is 2.48. The standard InChI is InChI=1S/C15H18N4O/c1-3-16-12-7-9-18-14(10-12)15(20)19-11(2)13-6-4-5-8-17-13/h4-11H,3H2,1-2H3,(H,16,18)(H,19,20). The van der Waals surface area contributed by atoms with Gasteiger partial charge in [0.15, 0.2) is 0 Å². The number of aromatic nitrogens is 2. The monoisotopic (exact) mass is 270 g/mol. The van der Waals surface area contributed by atoms with Gasteiger partial charge in [0.2, 0.25) is 0 Å². The second-order valence-corrected chi connectivity index (χ2v) is 4.41. The predicted octanol–water partition coefficient (Wildman–Crippen LogP) is 2.40. The van der Waals surface area contributed by atoms with E-state index in [2.05, 4.69) is 20.6 Å². The lowest BCUT2D eigenvalue weighted by molar-refractivity contribution is 0.0934. The van der Waals surface area contributed by atoms with Crippen molar-refractivity contribution in [2.75, 3.05) is 11.9 Å². The minimum atomic E-state index is -0.206. The van der Waals surface area contributed by atoms with Crippen LogP contribution in [0.5, 0.6) is 0 Å². The Bertz CT molecular complexity index is 571. The van der Waals surface area contributed by atoms with Crippen molar-refractivity contribution in [1.82, 2.24) is 15.3 Å². The molecule has 0 radical (unpaired) electrons. The van der Waals surface area contributed by atoms with Gasteiger partial charge in [-0.1, -0.05) is 6.07 Å². The zero-order chi connectivity index (χ0) is 14.4. The van der Waals surface area contributed by atoms with Crippen molar-refractivity contribution in [3.05, 3.63) is 54.1 Å². The first-order valence-corrected chi connectivity index (χ1v) is 6.62. The second-order valence-electron chi connectivity index (χ2n) is 4.41. The number of amides is 1. The molecule has 2 heterocycles. The lowest BCUT2D eigenvalue weighted by atomic mass is 10.2. The highest BCUT2D eigenvalue weighted by molar-refractivity contribution is 5.93. The van der Waals surface area contributed by atoms with Gasteiger partial charge in [-0.2, -0.15) is 0 Å². The number of hydrogen-bond donors (Lipinski definition) is 2. The summed E-state index contributed by atoms with van der Waals surface area (Å²) in [7, 11) is 0. The van der Waals surface area contributed by atoms with Crippen LogP contribution in [0.4, 0.5) is 5.69 Å². The van der Waals surface area contributed by atoms with Gasteiger partial charge in [0.05, 0.1) is 11.7 Å². The number of nitrogens with zero attached hydrogens (tertiary/aromatic N) is 2. The van der Waals surface area contributed by atoms with Crippen molar-refractivity contribution >= 4 is 11.6 Å². The van der Waals surface area contributed by atoms with Crippen LogP contribution in [0.2, 0.25) is 0 Å². The summed E-state index contributed by atoms with van der Waals surface area (Å²) in [5.74, 6) is -0.206. The fraction of sp³-hybridized carbons (Fsp3) is 0.267. The molecule has 20 heavy (non-hydrogen) atoms. The van der Waals surface area contributed by atoms with Gasteiger partial charge in [-0.05, 0) is 38.1 Å². The summed E-state index contributed by atoms with van der Waals surface area (Å²) >= 11 is 0. The SMILES string of the molecule is CCNc1ccnc(C(=O)NC(C)c2ccccn2)c1. The van der Waals surface area contributed by atoms with Crippen LogP contribution < -0.4 is 10.6 Å². The molecule has 0 saturated heterocycles. The average molecular weight is 270 g/mol. The Balaban J connectivity index is 2.06. The van der Waals surface area contributed by atoms with Crippen LogP contribution in [0.15, 0.2) is 42.7 Å². The first kappa shape index (κ1) is 14.0. The Hall–Kier alpha value is -2.43. The van der Waals surface area contributed by atoms with E-state index >= 15 is 0 Å². The number of nitrogens with one attached hydrogen (secondary N) is 2. The molecule has 2 aromatic heterocycles. The molecule has 0 fully saturated rings. The molecule has 0 aromatic carbocycles. The zero-order valence-corrected chi connectivity index (χ0v) is 11.6. The third-order valence-corrected chi connectivity index (χ3v) is 2.85. The molecular weight excluding hydrogens is 252 g/mol. The van der Waals surface area contributed by atoms with E-state index in [1.165, 1.54) is 0 Å². The lowest BCUT2D eigenvalue weighted by Crippen LogP contribution is -2.28. The molecule has 0 spiro atoms. The maximum Gasteiger partial charge on any atom is 0.270 e. The number of carbonyl (C=O) groups is 1. The van der Waals surface area contributed by atoms with Crippen LogP contribution in [0.25, 0.3) is 0 Å². The first-order valence-electron chi connectivity index (χ1n) is 6.62. The molecule has 1 atom stereocenters. The Labute approximate surface area is 118 Å². The third-order valence-electron chi connectivity index (χ3n) is 2.85. The summed E-state index contributed by atoms with van der Waals surface area (Å²) < 4.78 is 0. The van der Waals surface area contributed by atoms with Gasteiger partial charge in [-0.15, -0.1) is 0 Å². The second kappa shape index (κ2) is 6.65. The predicted molar refractivity (Wildman–Crippen MR) is 78.5 cm³/mol. The van der Waals surface area contributed by atoms with Crippen molar-refractivity contribution in [1.29, 1.82) is 0 Å². The highest BCUT2D eigenvalue weighted by atomic mass is 16.1. The van der Waals surface area contributed by atoms with Gasteiger partial charge >= 0.3 is 0 Å². The number of carbonyl (C=O) groups excluding carboxylic acids is 1. The largest absolute Gasteiger partial charge is 0.385 e. The third kappa shape index (κ3) is 3.54. The number of anilines is 1. The highest BCUT2D eigenvalue weighted by Crippen LogP contribution is 2.11. The van der Waals surface area contributed by atoms with Crippen LogP contribution in [-0.4, -0.2) is 22.4 Å². The van der Waals surface area contributed by atoms with Crippen LogP contribution >= 0.6 is 0 Å². The van der Waals surface area contributed by atoms with Gasteiger partial charge in [0.25, 0.3) is 5.91 Å². The fourth-order valence-electron chi connectivity index (χ4n) is 1.85. The van der Waals surface area contributed by atoms with Crippen LogP contribution in [0, 0.1) is 0 Å². The van der Waals surface area contributed by atoms with Gasteiger partial charge in [0.1, 0.15) is 5.69 Å². The van der Waals surface area contributed by atoms with Crippen molar-refractivity contribution in [2.24, 2.45) is 0 Å². The summed E-state index contributed by atoms with van der Waals surface area (Å²) in [6.07, 6.45) is 3.33. The normalized spacial score (nSPS) is 11.7. The molecule has 0 aliphatic rings. The minimum absolute atomic E-state index is 0.159. The Kier molecular flexibility index (Phi) is 4.65. The van der Waals surface area contributed by atoms with E-state index in [0.29, 0.717) is 5.69 Å². The molecule has 5 heteroatoms. The van der Waals surface area contributed by atoms with Crippen molar-refractivity contribution in [3.8, 4) is 0 Å². The molecule has 2 N–H and O–H groups in total. The molecule has 1 unspecified atom stereocenters. The van der Waals surface area contributed by atoms with Crippen LogP contribution in [0.1, 0.15) is 36.1 Å². The molecule has 0 saturated carbocycles. The topological polar surface area (TPSA) is 66.9 Å². The van der Waals surface area contributed by atoms with E-state index in [1.54, 1.807) is 18.5 Å². The Morgan fingerprint density at radius 2 is 2.10 bits per heavy atom. The number of rotatable bonds is 5. The molecular formula is C15H18N4O. The van der Waals surface area contributed by atoms with Crippen molar-refractivity contribution < 1.29 is 4.79 Å². The molecule has 0 aliphatic heterocycles. The van der Waals surface area contributed by atoms with E-state index in [-0.39, 0.29) is 11.9 Å². The van der Waals surface area contributed by atoms with Gasteiger partial charge < -0.3 is 10.6 Å². The summed E-state index contributed by atoms with van der Waals surface area (Å²) in [6.45, 7) is 4.70. The molecule has 0 aliphatic carbocycles. The molecule has 104 valence electrons. The smallest absolute Gasteiger partial charge is 0.270 e. The minimum Gasteiger partial charge on any atom is -0.385 e. The maximum atomic E-state index is 12.2. The van der Waals surface area contributed by atoms with Crippen molar-refractivity contribution in [3.63, 3.8) is 0 Å².